The monoisotopic (exact) mass is 278 g/mol. The highest BCUT2D eigenvalue weighted by Crippen LogP contribution is 2.22. The Morgan fingerprint density at radius 3 is 2.64 bits per heavy atom. The molecule has 0 heterocycles. The lowest BCUT2D eigenvalue weighted by molar-refractivity contribution is 0.657. The first-order valence-electron chi connectivity index (χ1n) is 4.37. The minimum Gasteiger partial charge on any atom is -0.330 e. The van der Waals surface area contributed by atoms with Crippen LogP contribution in [0.5, 0.6) is 0 Å². The first-order chi connectivity index (χ1) is 6.15. The third-order valence-electron chi connectivity index (χ3n) is 2.12. The lowest BCUT2D eigenvalue weighted by Crippen LogP contribution is -2.16. The second kappa shape index (κ2) is 6.40. The van der Waals surface area contributed by atoms with Gasteiger partial charge in [-0.25, -0.2) is 0 Å². The van der Waals surface area contributed by atoms with E-state index in [9.17, 15) is 0 Å². The zero-order valence-electron chi connectivity index (χ0n) is 8.16. The Morgan fingerprint density at radius 1 is 1.43 bits per heavy atom. The Kier molecular flexibility index (Phi) is 6.36. The minimum absolute atomic E-state index is 0. The van der Waals surface area contributed by atoms with E-state index in [1.807, 2.05) is 6.07 Å². The van der Waals surface area contributed by atoms with Crippen LogP contribution in [0.4, 0.5) is 0 Å². The fraction of sp³-hybridized carbons (Fsp3) is 0.400. The minimum atomic E-state index is 0. The number of benzene rings is 1. The molecular weight excluding hydrogens is 263 g/mol. The maximum absolute atomic E-state index is 5.97. The quantitative estimate of drug-likeness (QED) is 0.893. The van der Waals surface area contributed by atoms with Crippen molar-refractivity contribution in [2.24, 2.45) is 11.5 Å². The molecule has 4 heteroatoms. The molecule has 0 fully saturated rings. The molecule has 1 atom stereocenters. The molecule has 0 bridgehead atoms. The van der Waals surface area contributed by atoms with Gasteiger partial charge in [0, 0.05) is 10.5 Å². The van der Waals surface area contributed by atoms with Crippen LogP contribution in [0, 0.1) is 6.92 Å². The van der Waals surface area contributed by atoms with E-state index >= 15 is 0 Å². The van der Waals surface area contributed by atoms with Crippen LogP contribution in [0.25, 0.3) is 0 Å². The molecular formula is C10H16BrClN2. The molecule has 0 spiro atoms. The topological polar surface area (TPSA) is 52.0 Å². The number of hydrogen-bond acceptors (Lipinski definition) is 2. The van der Waals surface area contributed by atoms with Crippen molar-refractivity contribution in [3.8, 4) is 0 Å². The smallest absolute Gasteiger partial charge is 0.0309 e. The Bertz CT molecular complexity index is 291. The van der Waals surface area contributed by atoms with Crippen molar-refractivity contribution in [3.63, 3.8) is 0 Å². The highest BCUT2D eigenvalue weighted by atomic mass is 79.9. The van der Waals surface area contributed by atoms with E-state index in [-0.39, 0.29) is 18.4 Å². The molecule has 80 valence electrons. The number of rotatable bonds is 3. The summed E-state index contributed by atoms with van der Waals surface area (Å²) in [4.78, 5) is 0. The SMILES string of the molecule is Cc1ccc(Br)cc1[C@@H](N)CCN.Cl. The summed E-state index contributed by atoms with van der Waals surface area (Å²) in [5.41, 5.74) is 13.8. The van der Waals surface area contributed by atoms with Crippen LogP contribution in [0.3, 0.4) is 0 Å². The standard InChI is InChI=1S/C10H15BrN2.ClH/c1-7-2-3-8(11)6-9(7)10(13)4-5-12;/h2-3,6,10H,4-5,12-13H2,1H3;1H/t10-;/m0./s1. The van der Waals surface area contributed by atoms with Crippen molar-refractivity contribution in [2.45, 2.75) is 19.4 Å². The molecule has 0 aliphatic heterocycles. The summed E-state index contributed by atoms with van der Waals surface area (Å²) in [6.07, 6.45) is 0.831. The van der Waals surface area contributed by atoms with Gasteiger partial charge in [0.05, 0.1) is 0 Å². The van der Waals surface area contributed by atoms with Gasteiger partial charge in [-0.05, 0) is 43.1 Å². The van der Waals surface area contributed by atoms with E-state index in [0.29, 0.717) is 6.54 Å². The number of aryl methyl sites for hydroxylation is 1. The summed E-state index contributed by atoms with van der Waals surface area (Å²) in [5, 5.41) is 0. The summed E-state index contributed by atoms with van der Waals surface area (Å²) < 4.78 is 1.07. The molecule has 1 aromatic carbocycles. The van der Waals surface area contributed by atoms with Gasteiger partial charge in [0.25, 0.3) is 0 Å². The number of nitrogens with two attached hydrogens (primary N) is 2. The second-order valence-electron chi connectivity index (χ2n) is 3.18. The first-order valence-corrected chi connectivity index (χ1v) is 5.16. The van der Waals surface area contributed by atoms with Crippen molar-refractivity contribution in [1.29, 1.82) is 0 Å². The number of hydrogen-bond donors (Lipinski definition) is 2. The van der Waals surface area contributed by atoms with Crippen molar-refractivity contribution >= 4 is 28.3 Å². The van der Waals surface area contributed by atoms with Crippen LogP contribution in [-0.2, 0) is 0 Å². The molecule has 0 aliphatic carbocycles. The Labute approximate surface area is 99.6 Å². The summed E-state index contributed by atoms with van der Waals surface area (Å²) in [6, 6.07) is 6.21. The van der Waals surface area contributed by atoms with Crippen LogP contribution in [0.1, 0.15) is 23.6 Å². The van der Waals surface area contributed by atoms with E-state index in [0.717, 1.165) is 10.9 Å². The molecule has 0 radical (unpaired) electrons. The van der Waals surface area contributed by atoms with Gasteiger partial charge >= 0.3 is 0 Å². The highest BCUT2D eigenvalue weighted by Gasteiger charge is 2.07. The average Bonchev–Trinajstić information content (AvgIpc) is 2.09. The average molecular weight is 280 g/mol. The van der Waals surface area contributed by atoms with Gasteiger partial charge in [-0.3, -0.25) is 0 Å². The van der Waals surface area contributed by atoms with Crippen LogP contribution < -0.4 is 11.5 Å². The largest absolute Gasteiger partial charge is 0.330 e. The van der Waals surface area contributed by atoms with Crippen molar-refractivity contribution < 1.29 is 0 Å². The van der Waals surface area contributed by atoms with E-state index in [2.05, 4.69) is 35.0 Å². The molecule has 0 saturated heterocycles. The first kappa shape index (κ1) is 13.9. The molecule has 1 rings (SSSR count). The van der Waals surface area contributed by atoms with Crippen LogP contribution in [-0.4, -0.2) is 6.54 Å². The predicted molar refractivity (Wildman–Crippen MR) is 66.7 cm³/mol. The molecule has 0 aliphatic rings. The molecule has 0 unspecified atom stereocenters. The van der Waals surface area contributed by atoms with Crippen molar-refractivity contribution in [2.75, 3.05) is 6.54 Å². The fourth-order valence-corrected chi connectivity index (χ4v) is 1.72. The van der Waals surface area contributed by atoms with E-state index in [1.54, 1.807) is 0 Å². The summed E-state index contributed by atoms with van der Waals surface area (Å²) in [6.45, 7) is 2.70. The van der Waals surface area contributed by atoms with Crippen molar-refractivity contribution in [3.05, 3.63) is 33.8 Å². The van der Waals surface area contributed by atoms with Gasteiger partial charge in [-0.1, -0.05) is 22.0 Å². The molecule has 0 aromatic heterocycles. The molecule has 1 aromatic rings. The molecule has 14 heavy (non-hydrogen) atoms. The van der Waals surface area contributed by atoms with E-state index in [4.69, 9.17) is 11.5 Å². The maximum Gasteiger partial charge on any atom is 0.0309 e. The van der Waals surface area contributed by atoms with Gasteiger partial charge in [0.1, 0.15) is 0 Å². The zero-order chi connectivity index (χ0) is 9.84. The van der Waals surface area contributed by atoms with Crippen LogP contribution in [0.15, 0.2) is 22.7 Å². The molecule has 0 saturated carbocycles. The highest BCUT2D eigenvalue weighted by molar-refractivity contribution is 9.10. The Balaban J connectivity index is 0.00000169. The van der Waals surface area contributed by atoms with Crippen molar-refractivity contribution in [1.82, 2.24) is 0 Å². The van der Waals surface area contributed by atoms with Crippen LogP contribution >= 0.6 is 28.3 Å². The fourth-order valence-electron chi connectivity index (χ4n) is 1.35. The van der Waals surface area contributed by atoms with Gasteiger partial charge in [-0.15, -0.1) is 12.4 Å². The van der Waals surface area contributed by atoms with Gasteiger partial charge in [0.2, 0.25) is 0 Å². The van der Waals surface area contributed by atoms with Crippen LogP contribution in [0.2, 0.25) is 0 Å². The van der Waals surface area contributed by atoms with E-state index in [1.165, 1.54) is 11.1 Å². The third kappa shape index (κ3) is 3.58. The van der Waals surface area contributed by atoms with Gasteiger partial charge in [0.15, 0.2) is 0 Å². The lowest BCUT2D eigenvalue weighted by Gasteiger charge is -2.13. The third-order valence-corrected chi connectivity index (χ3v) is 2.61. The normalized spacial score (nSPS) is 12.0. The summed E-state index contributed by atoms with van der Waals surface area (Å²) in [7, 11) is 0. The van der Waals surface area contributed by atoms with Gasteiger partial charge in [-0.2, -0.15) is 0 Å². The van der Waals surface area contributed by atoms with E-state index < -0.39 is 0 Å². The Hall–Kier alpha value is -0.0900. The van der Waals surface area contributed by atoms with Gasteiger partial charge < -0.3 is 11.5 Å². The summed E-state index contributed by atoms with van der Waals surface area (Å²) in [5.74, 6) is 0. The molecule has 0 amide bonds. The summed E-state index contributed by atoms with van der Waals surface area (Å²) >= 11 is 3.43. The lowest BCUT2D eigenvalue weighted by atomic mass is 10.00. The molecule has 4 N–H and O–H groups in total. The zero-order valence-corrected chi connectivity index (χ0v) is 10.6. The molecule has 2 nitrogen and oxygen atoms in total. The second-order valence-corrected chi connectivity index (χ2v) is 4.10. The maximum atomic E-state index is 5.97. The predicted octanol–water partition coefficient (Wildman–Crippen LogP) is 2.53. The number of halogens is 2. The Morgan fingerprint density at radius 2 is 2.07 bits per heavy atom.